The fourth-order valence-corrected chi connectivity index (χ4v) is 3.61. The number of halogens is 1. The van der Waals surface area contributed by atoms with Crippen LogP contribution in [0.1, 0.15) is 11.1 Å². The molecule has 4 rings (SSSR count). The Labute approximate surface area is 152 Å². The summed E-state index contributed by atoms with van der Waals surface area (Å²) in [6.07, 6.45) is 2.11. The zero-order valence-electron chi connectivity index (χ0n) is 14.8. The summed E-state index contributed by atoms with van der Waals surface area (Å²) in [5, 5.41) is 0.789. The minimum absolute atomic E-state index is 0.0963. The second-order valence-corrected chi connectivity index (χ2v) is 6.89. The predicted octanol–water partition coefficient (Wildman–Crippen LogP) is 3.51. The number of carbonyl (C=O) groups is 1. The van der Waals surface area contributed by atoms with Crippen LogP contribution in [-0.4, -0.2) is 42.0 Å². The minimum atomic E-state index is -0.280. The molecule has 1 fully saturated rings. The molecule has 0 spiro atoms. The highest BCUT2D eigenvalue weighted by Crippen LogP contribution is 2.22. The molecule has 1 aliphatic rings. The van der Waals surface area contributed by atoms with Crippen LogP contribution in [0.25, 0.3) is 10.9 Å². The van der Waals surface area contributed by atoms with Gasteiger partial charge in [-0.15, -0.1) is 0 Å². The summed E-state index contributed by atoms with van der Waals surface area (Å²) in [7, 11) is 0. The summed E-state index contributed by atoms with van der Waals surface area (Å²) < 4.78 is 13.5. The lowest BCUT2D eigenvalue weighted by atomic mass is 10.1. The standard InChI is InChI=1S/C21H22FN3O/c1-15-3-2-4-18(11-15)24-7-9-25(10-8-24)21(26)12-16-14-23-20-6-5-17(22)13-19(16)20/h2-6,11,13-14,23H,7-10,12H2,1H3. The van der Waals surface area contributed by atoms with Gasteiger partial charge in [0.2, 0.25) is 5.91 Å². The van der Waals surface area contributed by atoms with Crippen LogP contribution >= 0.6 is 0 Å². The van der Waals surface area contributed by atoms with Gasteiger partial charge < -0.3 is 14.8 Å². The molecule has 0 atom stereocenters. The summed E-state index contributed by atoms with van der Waals surface area (Å²) in [6.45, 7) is 5.18. The first-order valence-corrected chi connectivity index (χ1v) is 8.95. The number of amides is 1. The smallest absolute Gasteiger partial charge is 0.227 e. The third-order valence-electron chi connectivity index (χ3n) is 5.07. The molecule has 5 heteroatoms. The number of piperazine rings is 1. The Hall–Kier alpha value is -2.82. The van der Waals surface area contributed by atoms with Gasteiger partial charge in [0.05, 0.1) is 6.42 Å². The third-order valence-corrected chi connectivity index (χ3v) is 5.07. The van der Waals surface area contributed by atoms with Crippen molar-refractivity contribution in [1.82, 2.24) is 9.88 Å². The number of aryl methyl sites for hydroxylation is 1. The van der Waals surface area contributed by atoms with Gasteiger partial charge in [0, 0.05) is 49.0 Å². The van der Waals surface area contributed by atoms with E-state index in [4.69, 9.17) is 0 Å². The maximum absolute atomic E-state index is 13.5. The average molecular weight is 351 g/mol. The molecule has 1 saturated heterocycles. The average Bonchev–Trinajstić information content (AvgIpc) is 3.04. The number of H-pyrrole nitrogens is 1. The van der Waals surface area contributed by atoms with Crippen LogP contribution < -0.4 is 4.90 Å². The fourth-order valence-electron chi connectivity index (χ4n) is 3.61. The van der Waals surface area contributed by atoms with Crippen molar-refractivity contribution in [3.05, 3.63) is 65.6 Å². The van der Waals surface area contributed by atoms with Crippen molar-refractivity contribution in [2.75, 3.05) is 31.1 Å². The van der Waals surface area contributed by atoms with E-state index in [9.17, 15) is 9.18 Å². The van der Waals surface area contributed by atoms with E-state index < -0.39 is 0 Å². The molecule has 1 N–H and O–H groups in total. The van der Waals surface area contributed by atoms with Crippen molar-refractivity contribution >= 4 is 22.5 Å². The molecule has 2 heterocycles. The van der Waals surface area contributed by atoms with Crippen LogP contribution in [0.2, 0.25) is 0 Å². The SMILES string of the molecule is Cc1cccc(N2CCN(C(=O)Cc3c[nH]c4ccc(F)cc34)CC2)c1. The molecule has 0 unspecified atom stereocenters. The van der Waals surface area contributed by atoms with Gasteiger partial charge in [0.15, 0.2) is 0 Å². The number of carbonyl (C=O) groups excluding carboxylic acids is 1. The van der Waals surface area contributed by atoms with Gasteiger partial charge in [0.1, 0.15) is 5.82 Å². The first-order valence-electron chi connectivity index (χ1n) is 8.95. The third kappa shape index (κ3) is 3.29. The number of aromatic amines is 1. The normalized spacial score (nSPS) is 14.8. The van der Waals surface area contributed by atoms with Crippen LogP contribution in [0.3, 0.4) is 0 Å². The highest BCUT2D eigenvalue weighted by atomic mass is 19.1. The lowest BCUT2D eigenvalue weighted by molar-refractivity contribution is -0.130. The number of aromatic nitrogens is 1. The zero-order valence-corrected chi connectivity index (χ0v) is 14.8. The molecule has 4 nitrogen and oxygen atoms in total. The number of fused-ring (bicyclic) bond motifs is 1. The number of rotatable bonds is 3. The Morgan fingerprint density at radius 1 is 1.12 bits per heavy atom. The number of hydrogen-bond donors (Lipinski definition) is 1. The number of benzene rings is 2. The van der Waals surface area contributed by atoms with E-state index in [-0.39, 0.29) is 11.7 Å². The van der Waals surface area contributed by atoms with E-state index >= 15 is 0 Å². The van der Waals surface area contributed by atoms with Gasteiger partial charge in [-0.2, -0.15) is 0 Å². The Bertz CT molecular complexity index is 941. The maximum Gasteiger partial charge on any atom is 0.227 e. The second kappa shape index (κ2) is 6.83. The van der Waals surface area contributed by atoms with Crippen LogP contribution in [0.4, 0.5) is 10.1 Å². The largest absolute Gasteiger partial charge is 0.368 e. The van der Waals surface area contributed by atoms with E-state index in [1.807, 2.05) is 11.1 Å². The van der Waals surface area contributed by atoms with E-state index in [2.05, 4.69) is 41.1 Å². The lowest BCUT2D eigenvalue weighted by Crippen LogP contribution is -2.49. The monoisotopic (exact) mass is 351 g/mol. The first-order chi connectivity index (χ1) is 12.6. The molecular formula is C21H22FN3O. The predicted molar refractivity (Wildman–Crippen MR) is 102 cm³/mol. The molecule has 0 radical (unpaired) electrons. The summed E-state index contributed by atoms with van der Waals surface area (Å²) >= 11 is 0. The van der Waals surface area contributed by atoms with Gasteiger partial charge in [-0.25, -0.2) is 4.39 Å². The van der Waals surface area contributed by atoms with Crippen molar-refractivity contribution in [2.24, 2.45) is 0 Å². The van der Waals surface area contributed by atoms with E-state index in [0.29, 0.717) is 19.5 Å². The summed E-state index contributed by atoms with van der Waals surface area (Å²) in [5.74, 6) is -0.184. The molecule has 3 aromatic rings. The van der Waals surface area contributed by atoms with Gasteiger partial charge in [0.25, 0.3) is 0 Å². The van der Waals surface area contributed by atoms with E-state index in [0.717, 1.165) is 29.6 Å². The lowest BCUT2D eigenvalue weighted by Gasteiger charge is -2.36. The summed E-state index contributed by atoms with van der Waals surface area (Å²) in [5.41, 5.74) is 4.17. The van der Waals surface area contributed by atoms with Gasteiger partial charge in [-0.1, -0.05) is 12.1 Å². The molecule has 1 aliphatic heterocycles. The van der Waals surface area contributed by atoms with Crippen molar-refractivity contribution < 1.29 is 9.18 Å². The molecule has 134 valence electrons. The summed E-state index contributed by atoms with van der Waals surface area (Å²) in [6, 6.07) is 13.1. The minimum Gasteiger partial charge on any atom is -0.368 e. The van der Waals surface area contributed by atoms with Gasteiger partial charge >= 0.3 is 0 Å². The Balaban J connectivity index is 1.41. The van der Waals surface area contributed by atoms with Crippen molar-refractivity contribution in [3.8, 4) is 0 Å². The molecule has 0 aliphatic carbocycles. The molecule has 0 bridgehead atoms. The fraction of sp³-hybridized carbons (Fsp3) is 0.286. The highest BCUT2D eigenvalue weighted by molar-refractivity contribution is 5.89. The van der Waals surface area contributed by atoms with Crippen LogP contribution in [0.5, 0.6) is 0 Å². The van der Waals surface area contributed by atoms with Crippen LogP contribution in [0.15, 0.2) is 48.7 Å². The second-order valence-electron chi connectivity index (χ2n) is 6.89. The highest BCUT2D eigenvalue weighted by Gasteiger charge is 2.22. The number of nitrogens with zero attached hydrogens (tertiary/aromatic N) is 2. The van der Waals surface area contributed by atoms with Crippen molar-refractivity contribution in [2.45, 2.75) is 13.3 Å². The number of hydrogen-bond acceptors (Lipinski definition) is 2. The Morgan fingerprint density at radius 3 is 2.69 bits per heavy atom. The van der Waals surface area contributed by atoms with Crippen LogP contribution in [0, 0.1) is 12.7 Å². The number of anilines is 1. The van der Waals surface area contributed by atoms with E-state index in [1.165, 1.54) is 23.4 Å². The Morgan fingerprint density at radius 2 is 1.92 bits per heavy atom. The Kier molecular flexibility index (Phi) is 4.37. The molecular weight excluding hydrogens is 329 g/mol. The quantitative estimate of drug-likeness (QED) is 0.784. The number of nitrogens with one attached hydrogen (secondary N) is 1. The first kappa shape index (κ1) is 16.6. The summed E-state index contributed by atoms with van der Waals surface area (Å²) in [4.78, 5) is 20.0. The topological polar surface area (TPSA) is 39.3 Å². The van der Waals surface area contributed by atoms with Crippen LogP contribution in [-0.2, 0) is 11.2 Å². The molecule has 1 amide bonds. The molecule has 2 aromatic carbocycles. The van der Waals surface area contributed by atoms with Crippen molar-refractivity contribution in [1.29, 1.82) is 0 Å². The van der Waals surface area contributed by atoms with Crippen molar-refractivity contribution in [3.63, 3.8) is 0 Å². The molecule has 1 aromatic heterocycles. The van der Waals surface area contributed by atoms with E-state index in [1.54, 1.807) is 6.07 Å². The molecule has 26 heavy (non-hydrogen) atoms. The van der Waals surface area contributed by atoms with Gasteiger partial charge in [-0.3, -0.25) is 4.79 Å². The van der Waals surface area contributed by atoms with Gasteiger partial charge in [-0.05, 0) is 48.4 Å². The zero-order chi connectivity index (χ0) is 18.1. The molecule has 0 saturated carbocycles. The maximum atomic E-state index is 13.5.